The molecule has 0 N–H and O–H groups in total. The zero-order valence-electron chi connectivity index (χ0n) is 19.6. The van der Waals surface area contributed by atoms with Crippen molar-refractivity contribution in [2.75, 3.05) is 4.90 Å². The minimum absolute atomic E-state index is 1.15. The average molecular weight is 478 g/mol. The molecule has 36 heavy (non-hydrogen) atoms. The lowest BCUT2D eigenvalue weighted by molar-refractivity contribution is 1.30. The minimum atomic E-state index is 1.15. The molecule has 0 aliphatic heterocycles. The normalized spacial score (nSPS) is 11.3. The van der Waals surface area contributed by atoms with Crippen LogP contribution in [0.2, 0.25) is 0 Å². The first-order chi connectivity index (χ1) is 17.9. The van der Waals surface area contributed by atoms with Crippen molar-refractivity contribution in [3.05, 3.63) is 140 Å². The molecule has 7 rings (SSSR count). The van der Waals surface area contributed by atoms with Crippen molar-refractivity contribution in [1.82, 2.24) is 0 Å². The van der Waals surface area contributed by atoms with Gasteiger partial charge < -0.3 is 4.90 Å². The second-order valence-electron chi connectivity index (χ2n) is 8.97. The lowest BCUT2D eigenvalue weighted by atomic mass is 9.99. The van der Waals surface area contributed by atoms with Gasteiger partial charge in [0.25, 0.3) is 0 Å². The number of nitrogens with zero attached hydrogens (tertiary/aromatic N) is 1. The number of hydrogen-bond donors (Lipinski definition) is 0. The van der Waals surface area contributed by atoms with E-state index in [1.807, 2.05) is 11.3 Å². The van der Waals surface area contributed by atoms with Crippen LogP contribution in [0.5, 0.6) is 0 Å². The third-order valence-corrected chi connectivity index (χ3v) is 8.12. The second-order valence-corrected chi connectivity index (χ2v) is 9.99. The first-order valence-electron chi connectivity index (χ1n) is 12.2. The highest BCUT2D eigenvalue weighted by molar-refractivity contribution is 7.27. The molecular weight excluding hydrogens is 454 g/mol. The number of benzene rings is 6. The Balaban J connectivity index is 1.62. The van der Waals surface area contributed by atoms with Crippen LogP contribution < -0.4 is 4.90 Å². The summed E-state index contributed by atoms with van der Waals surface area (Å²) in [5.74, 6) is 0. The van der Waals surface area contributed by atoms with Crippen LogP contribution in [0, 0.1) is 0 Å². The van der Waals surface area contributed by atoms with E-state index in [1.54, 1.807) is 0 Å². The maximum Gasteiger partial charge on any atom is 0.0555 e. The molecule has 0 aliphatic rings. The van der Waals surface area contributed by atoms with Crippen LogP contribution >= 0.6 is 11.3 Å². The lowest BCUT2D eigenvalue weighted by Gasteiger charge is -2.27. The third-order valence-electron chi connectivity index (χ3n) is 6.84. The van der Waals surface area contributed by atoms with Gasteiger partial charge >= 0.3 is 0 Å². The molecule has 2 heteroatoms. The zero-order valence-corrected chi connectivity index (χ0v) is 20.5. The Hall–Kier alpha value is -4.40. The number of para-hydroxylation sites is 2. The molecule has 1 aromatic heterocycles. The van der Waals surface area contributed by atoms with Crippen molar-refractivity contribution in [2.24, 2.45) is 0 Å². The summed E-state index contributed by atoms with van der Waals surface area (Å²) in [4.78, 5) is 2.39. The van der Waals surface area contributed by atoms with Gasteiger partial charge in [0.2, 0.25) is 0 Å². The Bertz CT molecular complexity index is 1780. The lowest BCUT2D eigenvalue weighted by Crippen LogP contribution is -2.10. The summed E-state index contributed by atoms with van der Waals surface area (Å²) in [6.45, 7) is 0. The number of thiophene rings is 1. The van der Waals surface area contributed by atoms with Crippen molar-refractivity contribution < 1.29 is 0 Å². The van der Waals surface area contributed by atoms with Crippen molar-refractivity contribution in [3.63, 3.8) is 0 Å². The Labute approximate surface area is 214 Å². The molecule has 0 aliphatic carbocycles. The van der Waals surface area contributed by atoms with Crippen LogP contribution in [0.4, 0.5) is 17.1 Å². The summed E-state index contributed by atoms with van der Waals surface area (Å²) in [5, 5.41) is 5.20. The van der Waals surface area contributed by atoms with Crippen LogP contribution in [0.3, 0.4) is 0 Å². The maximum absolute atomic E-state index is 2.39. The minimum Gasteiger partial charge on any atom is -0.310 e. The van der Waals surface area contributed by atoms with Gasteiger partial charge in [-0.1, -0.05) is 109 Å². The molecule has 1 nitrogen and oxygen atoms in total. The fourth-order valence-corrected chi connectivity index (χ4v) is 6.60. The van der Waals surface area contributed by atoms with E-state index in [1.165, 1.54) is 47.8 Å². The van der Waals surface area contributed by atoms with E-state index in [2.05, 4.69) is 144 Å². The molecule has 1 heterocycles. The predicted molar refractivity (Wildman–Crippen MR) is 157 cm³/mol. The zero-order chi connectivity index (χ0) is 23.9. The van der Waals surface area contributed by atoms with Crippen molar-refractivity contribution in [3.8, 4) is 11.1 Å². The van der Waals surface area contributed by atoms with Crippen molar-refractivity contribution >= 4 is 59.3 Å². The molecule has 0 saturated carbocycles. The highest BCUT2D eigenvalue weighted by Crippen LogP contribution is 2.49. The Morgan fingerprint density at radius 2 is 1.06 bits per heavy atom. The van der Waals surface area contributed by atoms with Gasteiger partial charge in [0.15, 0.2) is 0 Å². The Kier molecular flexibility index (Phi) is 5.04. The van der Waals surface area contributed by atoms with Gasteiger partial charge in [0.05, 0.1) is 5.69 Å². The molecule has 0 atom stereocenters. The molecule has 0 saturated heterocycles. The second kappa shape index (κ2) is 8.67. The molecule has 0 radical (unpaired) electrons. The van der Waals surface area contributed by atoms with Crippen LogP contribution in [-0.2, 0) is 0 Å². The van der Waals surface area contributed by atoms with Crippen molar-refractivity contribution in [1.29, 1.82) is 0 Å². The van der Waals surface area contributed by atoms with Gasteiger partial charge in [0, 0.05) is 31.5 Å². The van der Waals surface area contributed by atoms with Gasteiger partial charge in [-0.25, -0.2) is 0 Å². The van der Waals surface area contributed by atoms with E-state index in [0.29, 0.717) is 0 Å². The molecular formula is C34H23NS. The van der Waals surface area contributed by atoms with Gasteiger partial charge in [-0.15, -0.1) is 11.3 Å². The van der Waals surface area contributed by atoms with E-state index in [-0.39, 0.29) is 0 Å². The SMILES string of the molecule is c1ccc(-c2ccc(N(c3ccccc3)c3ccccc3)c3c2sc2c4ccccc4ccc23)cc1. The molecule has 6 aromatic carbocycles. The molecule has 0 spiro atoms. The summed E-state index contributed by atoms with van der Waals surface area (Å²) < 4.78 is 2.66. The first-order valence-corrected chi connectivity index (χ1v) is 13.0. The Morgan fingerprint density at radius 1 is 0.444 bits per heavy atom. The number of rotatable bonds is 4. The first kappa shape index (κ1) is 20.9. The standard InChI is InChI=1S/C34H23NS/c1-4-12-24(13-5-1)29-22-23-31(35(26-15-6-2-7-16-26)27-17-8-3-9-18-27)32-30-21-20-25-14-10-11-19-28(25)33(30)36-34(29)32/h1-23H. The predicted octanol–water partition coefficient (Wildman–Crippen LogP) is 10.3. The summed E-state index contributed by atoms with van der Waals surface area (Å²) in [6, 6.07) is 50.0. The van der Waals surface area contributed by atoms with E-state index in [9.17, 15) is 0 Å². The third kappa shape index (κ3) is 3.38. The molecule has 0 bridgehead atoms. The monoisotopic (exact) mass is 477 g/mol. The van der Waals surface area contributed by atoms with Crippen LogP contribution in [0.15, 0.2) is 140 Å². The van der Waals surface area contributed by atoms with Gasteiger partial charge in [-0.2, -0.15) is 0 Å². The molecule has 170 valence electrons. The molecule has 0 amide bonds. The molecule has 0 unspecified atom stereocenters. The van der Waals surface area contributed by atoms with Crippen LogP contribution in [0.1, 0.15) is 0 Å². The highest BCUT2D eigenvalue weighted by atomic mass is 32.1. The van der Waals surface area contributed by atoms with Crippen molar-refractivity contribution in [2.45, 2.75) is 0 Å². The summed E-state index contributed by atoms with van der Waals surface area (Å²) in [7, 11) is 0. The Morgan fingerprint density at radius 3 is 1.75 bits per heavy atom. The molecule has 7 aromatic rings. The number of anilines is 3. The van der Waals surface area contributed by atoms with E-state index < -0.39 is 0 Å². The van der Waals surface area contributed by atoms with Gasteiger partial charge in [-0.05, 0) is 52.2 Å². The molecule has 0 fully saturated rings. The quantitative estimate of drug-likeness (QED) is 0.244. The fourth-order valence-electron chi connectivity index (χ4n) is 5.20. The largest absolute Gasteiger partial charge is 0.310 e. The van der Waals surface area contributed by atoms with E-state index >= 15 is 0 Å². The fraction of sp³-hybridized carbons (Fsp3) is 0. The van der Waals surface area contributed by atoms with E-state index in [0.717, 1.165) is 11.4 Å². The number of fused-ring (bicyclic) bond motifs is 5. The van der Waals surface area contributed by atoms with Crippen LogP contribution in [0.25, 0.3) is 42.1 Å². The summed E-state index contributed by atoms with van der Waals surface area (Å²) >= 11 is 1.91. The summed E-state index contributed by atoms with van der Waals surface area (Å²) in [5.41, 5.74) is 6.02. The van der Waals surface area contributed by atoms with E-state index in [4.69, 9.17) is 0 Å². The smallest absolute Gasteiger partial charge is 0.0555 e. The average Bonchev–Trinajstić information content (AvgIpc) is 3.35. The topological polar surface area (TPSA) is 3.24 Å². The van der Waals surface area contributed by atoms with Gasteiger partial charge in [-0.3, -0.25) is 0 Å². The maximum atomic E-state index is 2.39. The van der Waals surface area contributed by atoms with Crippen LogP contribution in [-0.4, -0.2) is 0 Å². The highest BCUT2D eigenvalue weighted by Gasteiger charge is 2.21. The summed E-state index contributed by atoms with van der Waals surface area (Å²) in [6.07, 6.45) is 0. The van der Waals surface area contributed by atoms with Gasteiger partial charge in [0.1, 0.15) is 0 Å². The number of hydrogen-bond acceptors (Lipinski definition) is 2.